The Bertz CT molecular complexity index is 450. The molecule has 2 aromatic rings. The molecule has 0 aliphatic rings. The summed E-state index contributed by atoms with van der Waals surface area (Å²) in [6.07, 6.45) is 0. The zero-order chi connectivity index (χ0) is 9.42. The van der Waals surface area contributed by atoms with E-state index in [1.54, 1.807) is 0 Å². The van der Waals surface area contributed by atoms with Gasteiger partial charge in [-0.15, -0.1) is 24.0 Å². The Kier molecular flexibility index (Phi) is 2.53. The van der Waals surface area contributed by atoms with Crippen LogP contribution in [-0.4, -0.2) is 5.11 Å². The van der Waals surface area contributed by atoms with Crippen molar-refractivity contribution < 1.29 is 5.11 Å². The van der Waals surface area contributed by atoms with E-state index in [-0.39, 0.29) is 5.75 Å². The first-order valence-corrected chi connectivity index (χ1v) is 6.16. The van der Waals surface area contributed by atoms with Crippen LogP contribution in [0.15, 0.2) is 22.4 Å². The fourth-order valence-electron chi connectivity index (χ4n) is 1.28. The van der Waals surface area contributed by atoms with Gasteiger partial charge in [0.1, 0.15) is 5.75 Å². The van der Waals surface area contributed by atoms with E-state index in [1.807, 2.05) is 17.5 Å². The number of phenols is 1. The van der Waals surface area contributed by atoms with E-state index in [0.717, 1.165) is 15.4 Å². The summed E-state index contributed by atoms with van der Waals surface area (Å²) in [6, 6.07) is 3.91. The second-order valence-corrected chi connectivity index (χ2v) is 4.66. The van der Waals surface area contributed by atoms with Crippen molar-refractivity contribution >= 4 is 50.0 Å². The lowest BCUT2D eigenvalue weighted by atomic mass is 10.1. The molecule has 0 bridgehead atoms. The van der Waals surface area contributed by atoms with Crippen molar-refractivity contribution in [1.29, 1.82) is 0 Å². The minimum Gasteiger partial charge on any atom is -0.505 e. The average Bonchev–Trinajstić information content (AvgIpc) is 2.60. The number of thiophene rings is 1. The molecule has 0 amide bonds. The number of alkyl halides is 1. The number of phenolic OH excluding ortho intramolecular Hbond substituents is 1. The van der Waals surface area contributed by atoms with E-state index in [0.29, 0.717) is 4.90 Å². The van der Waals surface area contributed by atoms with Crippen LogP contribution < -0.4 is 0 Å². The number of hydrogen-bond acceptors (Lipinski definition) is 3. The second-order valence-electron chi connectivity index (χ2n) is 2.70. The van der Waals surface area contributed by atoms with Crippen LogP contribution in [-0.2, 0) is 5.33 Å². The average molecular weight is 275 g/mol. The predicted octanol–water partition coefficient (Wildman–Crippen LogP) is 3.79. The number of benzene rings is 1. The maximum Gasteiger partial charge on any atom is 0.146 e. The molecule has 0 aliphatic carbocycles. The van der Waals surface area contributed by atoms with E-state index < -0.39 is 0 Å². The van der Waals surface area contributed by atoms with Gasteiger partial charge in [-0.1, -0.05) is 15.9 Å². The number of thiol groups is 1. The molecule has 13 heavy (non-hydrogen) atoms. The third kappa shape index (κ3) is 1.47. The molecule has 0 radical (unpaired) electrons. The van der Waals surface area contributed by atoms with Crippen molar-refractivity contribution in [1.82, 2.24) is 0 Å². The van der Waals surface area contributed by atoms with Crippen LogP contribution in [0.25, 0.3) is 10.1 Å². The summed E-state index contributed by atoms with van der Waals surface area (Å²) in [6.45, 7) is 0. The van der Waals surface area contributed by atoms with Crippen molar-refractivity contribution in [2.75, 3.05) is 0 Å². The Morgan fingerprint density at radius 2 is 2.31 bits per heavy atom. The lowest BCUT2D eigenvalue weighted by Gasteiger charge is -2.03. The Morgan fingerprint density at radius 3 is 3.00 bits per heavy atom. The summed E-state index contributed by atoms with van der Waals surface area (Å²) in [5.74, 6) is 0.290. The van der Waals surface area contributed by atoms with Gasteiger partial charge in [-0.3, -0.25) is 0 Å². The molecule has 0 fully saturated rings. The molecule has 1 N–H and O–H groups in total. The summed E-state index contributed by atoms with van der Waals surface area (Å²) in [4.78, 5) is 0.643. The van der Waals surface area contributed by atoms with Gasteiger partial charge in [0.25, 0.3) is 0 Å². The van der Waals surface area contributed by atoms with Crippen molar-refractivity contribution in [2.24, 2.45) is 0 Å². The quantitative estimate of drug-likeness (QED) is 0.599. The predicted molar refractivity (Wildman–Crippen MR) is 63.4 cm³/mol. The van der Waals surface area contributed by atoms with Crippen molar-refractivity contribution in [2.45, 2.75) is 10.2 Å². The lowest BCUT2D eigenvalue weighted by molar-refractivity contribution is 0.470. The van der Waals surface area contributed by atoms with Gasteiger partial charge >= 0.3 is 0 Å². The molecular formula is C9H7BrOS2. The third-order valence-electron chi connectivity index (χ3n) is 1.92. The van der Waals surface area contributed by atoms with Crippen molar-refractivity contribution in [3.05, 3.63) is 23.1 Å². The summed E-state index contributed by atoms with van der Waals surface area (Å²) in [5, 5.41) is 13.6. The Hall–Kier alpha value is -0.190. The molecule has 1 heterocycles. The van der Waals surface area contributed by atoms with Gasteiger partial charge in [-0.2, -0.15) is 0 Å². The molecular weight excluding hydrogens is 268 g/mol. The molecule has 68 valence electrons. The summed E-state index contributed by atoms with van der Waals surface area (Å²) in [7, 11) is 0. The summed E-state index contributed by atoms with van der Waals surface area (Å²) < 4.78 is 0.918. The Morgan fingerprint density at radius 1 is 1.54 bits per heavy atom. The van der Waals surface area contributed by atoms with Gasteiger partial charge in [0.2, 0.25) is 0 Å². The van der Waals surface area contributed by atoms with Crippen LogP contribution in [0.2, 0.25) is 0 Å². The van der Waals surface area contributed by atoms with Gasteiger partial charge < -0.3 is 5.11 Å². The standard InChI is InChI=1S/C9H7BrOS2/c10-4-5-3-7(12)8(11)9-6(5)1-2-13-9/h1-3,11-12H,4H2. The topological polar surface area (TPSA) is 20.2 Å². The smallest absolute Gasteiger partial charge is 0.146 e. The molecule has 0 atom stereocenters. The van der Waals surface area contributed by atoms with Gasteiger partial charge in [-0.05, 0) is 23.1 Å². The molecule has 1 nitrogen and oxygen atoms in total. The minimum atomic E-state index is 0.290. The lowest BCUT2D eigenvalue weighted by Crippen LogP contribution is -1.80. The maximum atomic E-state index is 9.69. The Balaban J connectivity index is 2.87. The van der Waals surface area contributed by atoms with E-state index in [2.05, 4.69) is 28.6 Å². The van der Waals surface area contributed by atoms with Crippen LogP contribution in [0.5, 0.6) is 5.75 Å². The first-order valence-electron chi connectivity index (χ1n) is 3.71. The van der Waals surface area contributed by atoms with E-state index in [1.165, 1.54) is 16.9 Å². The second kappa shape index (κ2) is 3.52. The maximum absolute atomic E-state index is 9.69. The summed E-state index contributed by atoms with van der Waals surface area (Å²) >= 11 is 9.16. The van der Waals surface area contributed by atoms with Gasteiger partial charge in [-0.25, -0.2) is 0 Å². The summed E-state index contributed by atoms with van der Waals surface area (Å²) in [5.41, 5.74) is 1.17. The van der Waals surface area contributed by atoms with Crippen LogP contribution in [0, 0.1) is 0 Å². The number of aromatic hydroxyl groups is 1. The SMILES string of the molecule is Oc1c(S)cc(CBr)c2ccsc12. The van der Waals surface area contributed by atoms with Gasteiger partial charge in [0, 0.05) is 15.6 Å². The van der Waals surface area contributed by atoms with Gasteiger partial charge in [0.05, 0.1) is 4.70 Å². The van der Waals surface area contributed by atoms with Gasteiger partial charge in [0.15, 0.2) is 0 Å². The molecule has 0 aliphatic heterocycles. The number of fused-ring (bicyclic) bond motifs is 1. The molecule has 2 rings (SSSR count). The highest BCUT2D eigenvalue weighted by Gasteiger charge is 2.09. The highest BCUT2D eigenvalue weighted by molar-refractivity contribution is 9.08. The third-order valence-corrected chi connectivity index (χ3v) is 3.79. The highest BCUT2D eigenvalue weighted by atomic mass is 79.9. The van der Waals surface area contributed by atoms with Crippen LogP contribution in [0.1, 0.15) is 5.56 Å². The van der Waals surface area contributed by atoms with Crippen LogP contribution in [0.4, 0.5) is 0 Å². The number of halogens is 1. The zero-order valence-corrected chi connectivity index (χ0v) is 9.92. The molecule has 0 unspecified atom stereocenters. The molecule has 0 saturated carbocycles. The first kappa shape index (κ1) is 9.37. The largest absolute Gasteiger partial charge is 0.505 e. The monoisotopic (exact) mass is 274 g/mol. The first-order chi connectivity index (χ1) is 6.24. The van der Waals surface area contributed by atoms with Crippen molar-refractivity contribution in [3.8, 4) is 5.75 Å². The molecule has 0 spiro atoms. The highest BCUT2D eigenvalue weighted by Crippen LogP contribution is 2.37. The minimum absolute atomic E-state index is 0.290. The van der Waals surface area contributed by atoms with Crippen LogP contribution >= 0.6 is 39.9 Å². The number of rotatable bonds is 1. The zero-order valence-electron chi connectivity index (χ0n) is 6.62. The Labute approximate surface area is 93.9 Å². The molecule has 0 saturated heterocycles. The van der Waals surface area contributed by atoms with Crippen molar-refractivity contribution in [3.63, 3.8) is 0 Å². The van der Waals surface area contributed by atoms with E-state index in [4.69, 9.17) is 0 Å². The van der Waals surface area contributed by atoms with Crippen LogP contribution in [0.3, 0.4) is 0 Å². The molecule has 1 aromatic heterocycles. The molecule has 4 heteroatoms. The number of hydrogen-bond donors (Lipinski definition) is 2. The normalized spacial score (nSPS) is 10.9. The molecule has 1 aromatic carbocycles. The fraction of sp³-hybridized carbons (Fsp3) is 0.111. The van der Waals surface area contributed by atoms with E-state index >= 15 is 0 Å². The van der Waals surface area contributed by atoms with E-state index in [9.17, 15) is 5.11 Å². The fourth-order valence-corrected chi connectivity index (χ4v) is 2.98.